The van der Waals surface area contributed by atoms with Crippen molar-refractivity contribution in [2.45, 2.75) is 45.3 Å². The quantitative estimate of drug-likeness (QED) is 0.224. The fraction of sp³-hybridized carbons (Fsp3) is 0.312. The lowest BCUT2D eigenvalue weighted by molar-refractivity contribution is -0.152. The Balaban J connectivity index is 1.25. The third-order valence-corrected chi connectivity index (χ3v) is 6.81. The zero-order valence-electron chi connectivity index (χ0n) is 24.0. The van der Waals surface area contributed by atoms with E-state index in [1.54, 1.807) is 24.5 Å². The zero-order valence-corrected chi connectivity index (χ0v) is 24.0. The lowest BCUT2D eigenvalue weighted by Gasteiger charge is -2.33. The van der Waals surface area contributed by atoms with Crippen LogP contribution in [0.2, 0.25) is 0 Å². The number of hydrogen-bond donors (Lipinski definition) is 2. The molecule has 3 heterocycles. The molecule has 5 rings (SSSR count). The third kappa shape index (κ3) is 7.06. The van der Waals surface area contributed by atoms with Crippen molar-refractivity contribution in [3.05, 3.63) is 79.1 Å². The molecule has 10 heteroatoms. The number of benzene rings is 2. The summed E-state index contributed by atoms with van der Waals surface area (Å²) in [5, 5.41) is 12.6. The molecule has 0 saturated carbocycles. The largest absolute Gasteiger partial charge is 0.490 e. The molecule has 2 N–H and O–H groups in total. The molecule has 0 unspecified atom stereocenters. The van der Waals surface area contributed by atoms with Crippen LogP contribution in [0.25, 0.3) is 11.3 Å². The van der Waals surface area contributed by atoms with Gasteiger partial charge in [0.25, 0.3) is 0 Å². The Hall–Kier alpha value is -4.86. The van der Waals surface area contributed by atoms with Gasteiger partial charge in [0.15, 0.2) is 22.9 Å². The first-order chi connectivity index (χ1) is 20.3. The molecule has 1 aliphatic heterocycles. The summed E-state index contributed by atoms with van der Waals surface area (Å²) in [4.78, 5) is 27.5. The van der Waals surface area contributed by atoms with Crippen LogP contribution in [-0.4, -0.2) is 57.4 Å². The van der Waals surface area contributed by atoms with Crippen LogP contribution < -0.4 is 24.4 Å². The number of para-hydroxylation sites is 2. The molecule has 1 atom stereocenters. The Bertz CT molecular complexity index is 1510. The van der Waals surface area contributed by atoms with Crippen LogP contribution in [0.3, 0.4) is 0 Å². The summed E-state index contributed by atoms with van der Waals surface area (Å²) in [6.07, 6.45) is 5.36. The number of hydrogen-bond acceptors (Lipinski definition) is 9. The average molecular weight is 570 g/mol. The maximum Gasteiger partial charge on any atom is 0.347 e. The Morgan fingerprint density at radius 2 is 1.79 bits per heavy atom. The van der Waals surface area contributed by atoms with Gasteiger partial charge >= 0.3 is 5.97 Å². The van der Waals surface area contributed by atoms with Crippen LogP contribution in [0.4, 0.5) is 17.5 Å². The molecule has 10 nitrogen and oxygen atoms in total. The van der Waals surface area contributed by atoms with Crippen LogP contribution in [0.5, 0.6) is 17.2 Å². The number of pyridine rings is 1. The van der Waals surface area contributed by atoms with E-state index in [2.05, 4.69) is 15.2 Å². The number of nitrogens with one attached hydrogen (secondary N) is 1. The smallest absolute Gasteiger partial charge is 0.347 e. The van der Waals surface area contributed by atoms with Gasteiger partial charge in [0.05, 0.1) is 31.2 Å². The second-order valence-corrected chi connectivity index (χ2v) is 10.4. The number of carbonyl (C=O) groups is 1. The van der Waals surface area contributed by atoms with Crippen LogP contribution in [0, 0.1) is 0 Å². The standard InChI is InChI=1S/C32H35N5O5/c1-4-40-26-11-5-6-12-27(26)41-24-9-8-18-37(21-24)30-20-33-19-29(36-30)35-28-13-7-10-25(34-28)22-14-16-23(17-15-22)42-32(2,3)31(38)39/h5-7,10-17,19-20,24H,4,8-9,18,21H2,1-3H3,(H,38,39)(H,34,35,36)/t24-/m1/s1. The number of aliphatic carboxylic acids is 1. The fourth-order valence-corrected chi connectivity index (χ4v) is 4.64. The number of aromatic nitrogens is 3. The van der Waals surface area contributed by atoms with Crippen LogP contribution in [0.1, 0.15) is 33.6 Å². The van der Waals surface area contributed by atoms with Crippen molar-refractivity contribution in [2.24, 2.45) is 0 Å². The van der Waals surface area contributed by atoms with E-state index in [1.807, 2.05) is 61.5 Å². The van der Waals surface area contributed by atoms with Crippen molar-refractivity contribution in [3.63, 3.8) is 0 Å². The minimum Gasteiger partial charge on any atom is -0.490 e. The molecule has 1 saturated heterocycles. The topological polar surface area (TPSA) is 119 Å². The minimum absolute atomic E-state index is 0.00380. The van der Waals surface area contributed by atoms with E-state index in [9.17, 15) is 9.90 Å². The van der Waals surface area contributed by atoms with Crippen molar-refractivity contribution in [1.82, 2.24) is 15.0 Å². The first kappa shape index (κ1) is 28.7. The molecule has 42 heavy (non-hydrogen) atoms. The van der Waals surface area contributed by atoms with E-state index in [-0.39, 0.29) is 6.10 Å². The van der Waals surface area contributed by atoms with E-state index >= 15 is 0 Å². The normalized spacial score (nSPS) is 15.1. The molecule has 2 aromatic carbocycles. The molecule has 0 amide bonds. The van der Waals surface area contributed by atoms with Gasteiger partial charge in [0.1, 0.15) is 23.5 Å². The number of ether oxygens (including phenoxy) is 3. The van der Waals surface area contributed by atoms with Crippen molar-refractivity contribution in [1.29, 1.82) is 0 Å². The molecule has 0 radical (unpaired) electrons. The molecular formula is C32H35N5O5. The van der Waals surface area contributed by atoms with Crippen molar-refractivity contribution in [2.75, 3.05) is 29.9 Å². The molecule has 218 valence electrons. The molecule has 0 spiro atoms. The molecule has 0 bridgehead atoms. The van der Waals surface area contributed by atoms with Crippen LogP contribution in [0.15, 0.2) is 79.1 Å². The number of carboxylic acids is 1. The van der Waals surface area contributed by atoms with E-state index in [0.29, 0.717) is 30.5 Å². The molecular weight excluding hydrogens is 534 g/mol. The van der Waals surface area contributed by atoms with E-state index in [1.165, 1.54) is 13.8 Å². The lowest BCUT2D eigenvalue weighted by atomic mass is 10.1. The van der Waals surface area contributed by atoms with Gasteiger partial charge in [-0.05, 0) is 82.1 Å². The lowest BCUT2D eigenvalue weighted by Crippen LogP contribution is -2.41. The number of piperidine rings is 1. The van der Waals surface area contributed by atoms with Crippen molar-refractivity contribution in [3.8, 4) is 28.5 Å². The fourth-order valence-electron chi connectivity index (χ4n) is 4.64. The summed E-state index contributed by atoms with van der Waals surface area (Å²) in [5.41, 5.74) is 0.289. The zero-order chi connectivity index (χ0) is 29.5. The van der Waals surface area contributed by atoms with Crippen molar-refractivity contribution < 1.29 is 24.1 Å². The van der Waals surface area contributed by atoms with Crippen LogP contribution >= 0.6 is 0 Å². The summed E-state index contributed by atoms with van der Waals surface area (Å²) < 4.78 is 17.7. The number of carboxylic acid groups (broad SMARTS) is 1. The average Bonchev–Trinajstić information content (AvgIpc) is 2.99. The number of nitrogens with zero attached hydrogens (tertiary/aromatic N) is 4. The highest BCUT2D eigenvalue weighted by Crippen LogP contribution is 2.30. The summed E-state index contributed by atoms with van der Waals surface area (Å²) in [6, 6.07) is 20.6. The molecule has 0 aliphatic carbocycles. The maximum absolute atomic E-state index is 11.4. The highest BCUT2D eigenvalue weighted by molar-refractivity contribution is 5.76. The summed E-state index contributed by atoms with van der Waals surface area (Å²) in [5.74, 6) is 2.92. The molecule has 4 aromatic rings. The van der Waals surface area contributed by atoms with Gasteiger partial charge in [-0.15, -0.1) is 0 Å². The van der Waals surface area contributed by atoms with Crippen molar-refractivity contribution >= 4 is 23.4 Å². The van der Waals surface area contributed by atoms with Gasteiger partial charge in [-0.2, -0.15) is 0 Å². The Labute approximate surface area is 245 Å². The van der Waals surface area contributed by atoms with E-state index in [4.69, 9.17) is 24.2 Å². The van der Waals surface area contributed by atoms with E-state index in [0.717, 1.165) is 48.0 Å². The van der Waals surface area contributed by atoms with Gasteiger partial charge in [0.2, 0.25) is 0 Å². The van der Waals surface area contributed by atoms with Gasteiger partial charge in [-0.3, -0.25) is 4.98 Å². The van der Waals surface area contributed by atoms with E-state index < -0.39 is 11.6 Å². The Kier molecular flexibility index (Phi) is 8.71. The number of rotatable bonds is 11. The molecule has 1 fully saturated rings. The first-order valence-corrected chi connectivity index (χ1v) is 14.0. The monoisotopic (exact) mass is 569 g/mol. The predicted octanol–water partition coefficient (Wildman–Crippen LogP) is 5.97. The maximum atomic E-state index is 11.4. The second kappa shape index (κ2) is 12.8. The highest BCUT2D eigenvalue weighted by atomic mass is 16.5. The van der Waals surface area contributed by atoms with Crippen LogP contribution in [-0.2, 0) is 4.79 Å². The Morgan fingerprint density at radius 3 is 2.55 bits per heavy atom. The highest BCUT2D eigenvalue weighted by Gasteiger charge is 2.29. The summed E-state index contributed by atoms with van der Waals surface area (Å²) in [7, 11) is 0. The third-order valence-electron chi connectivity index (χ3n) is 6.81. The summed E-state index contributed by atoms with van der Waals surface area (Å²) in [6.45, 7) is 7.12. The summed E-state index contributed by atoms with van der Waals surface area (Å²) >= 11 is 0. The molecule has 1 aliphatic rings. The first-order valence-electron chi connectivity index (χ1n) is 14.0. The minimum atomic E-state index is -1.32. The number of anilines is 3. The van der Waals surface area contributed by atoms with Gasteiger partial charge in [-0.25, -0.2) is 14.8 Å². The SMILES string of the molecule is CCOc1ccccc1O[C@@H]1CCCN(c2cncc(Nc3cccc(-c4ccc(OC(C)(C)C(=O)O)cc4)n3)n2)C1. The van der Waals surface area contributed by atoms with Gasteiger partial charge in [0, 0.05) is 12.1 Å². The molecule has 2 aromatic heterocycles. The second-order valence-electron chi connectivity index (χ2n) is 10.4. The van der Waals surface area contributed by atoms with Gasteiger partial charge in [-0.1, -0.05) is 18.2 Å². The predicted molar refractivity (Wildman–Crippen MR) is 161 cm³/mol. The van der Waals surface area contributed by atoms with Gasteiger partial charge < -0.3 is 29.5 Å². The Morgan fingerprint density at radius 1 is 1.00 bits per heavy atom.